The lowest BCUT2D eigenvalue weighted by Gasteiger charge is -2.27. The highest BCUT2D eigenvalue weighted by molar-refractivity contribution is 5.86. The lowest BCUT2D eigenvalue weighted by molar-refractivity contribution is 0.470. The number of pyridine rings is 1. The molecule has 0 fully saturated rings. The van der Waals surface area contributed by atoms with Gasteiger partial charge in [0.15, 0.2) is 5.43 Å². The molecule has 21 heavy (non-hydrogen) atoms. The number of rotatable bonds is 1. The first-order chi connectivity index (χ1) is 10.3. The maximum Gasteiger partial charge on any atom is 0.181 e. The van der Waals surface area contributed by atoms with Crippen LogP contribution >= 0.6 is 0 Å². The second kappa shape index (κ2) is 4.88. The average molecular weight is 275 g/mol. The molecule has 0 saturated carbocycles. The van der Waals surface area contributed by atoms with Gasteiger partial charge in [-0.25, -0.2) is 0 Å². The Morgan fingerprint density at radius 1 is 1.00 bits per heavy atom. The second-order valence-electron chi connectivity index (χ2n) is 5.81. The quantitative estimate of drug-likeness (QED) is 0.663. The lowest BCUT2D eigenvalue weighted by atomic mass is 9.85. The summed E-state index contributed by atoms with van der Waals surface area (Å²) in [4.78, 5) is 11.6. The van der Waals surface area contributed by atoms with Crippen LogP contribution in [0, 0.1) is 0 Å². The Balaban J connectivity index is 1.79. The number of nitrogens with zero attached hydrogens (tertiary/aromatic N) is 1. The van der Waals surface area contributed by atoms with E-state index in [9.17, 15) is 4.79 Å². The van der Waals surface area contributed by atoms with Crippen LogP contribution in [0.1, 0.15) is 23.6 Å². The van der Waals surface area contributed by atoms with E-state index in [0.717, 1.165) is 25.1 Å². The Kier molecular flexibility index (Phi) is 2.88. The van der Waals surface area contributed by atoms with Crippen LogP contribution in [0.2, 0.25) is 0 Å². The Labute approximate surface area is 123 Å². The summed E-state index contributed by atoms with van der Waals surface area (Å²) in [5.41, 5.74) is 2.68. The molecule has 104 valence electrons. The van der Waals surface area contributed by atoms with Gasteiger partial charge in [-0.3, -0.25) is 4.79 Å². The number of benzene rings is 2. The zero-order valence-corrected chi connectivity index (χ0v) is 11.8. The van der Waals surface area contributed by atoms with Crippen molar-refractivity contribution in [3.05, 3.63) is 82.3 Å². The maximum absolute atomic E-state index is 11.6. The normalized spacial score (nSPS) is 17.6. The van der Waals surface area contributed by atoms with Crippen LogP contribution in [0.4, 0.5) is 0 Å². The predicted molar refractivity (Wildman–Crippen MR) is 85.7 cm³/mol. The van der Waals surface area contributed by atoms with E-state index in [1.807, 2.05) is 6.20 Å². The van der Waals surface area contributed by atoms with E-state index in [2.05, 4.69) is 47.0 Å². The summed E-state index contributed by atoms with van der Waals surface area (Å²) < 4.78 is 2.21. The van der Waals surface area contributed by atoms with Gasteiger partial charge in [-0.2, -0.15) is 0 Å². The minimum absolute atomic E-state index is 0.111. The lowest BCUT2D eigenvalue weighted by Crippen LogP contribution is -2.21. The van der Waals surface area contributed by atoms with Crippen molar-refractivity contribution in [2.75, 3.05) is 0 Å². The van der Waals surface area contributed by atoms with E-state index in [1.54, 1.807) is 12.1 Å². The molecule has 2 heterocycles. The van der Waals surface area contributed by atoms with Crippen molar-refractivity contribution >= 4 is 10.8 Å². The number of fused-ring (bicyclic) bond motifs is 2. The molecule has 1 atom stereocenters. The minimum atomic E-state index is 0.111. The van der Waals surface area contributed by atoms with Crippen LogP contribution in [0.5, 0.6) is 0 Å². The summed E-state index contributed by atoms with van der Waals surface area (Å²) in [6.45, 7) is 0.990. The number of aromatic nitrogens is 1. The first kappa shape index (κ1) is 12.4. The molecule has 2 aromatic carbocycles. The van der Waals surface area contributed by atoms with Gasteiger partial charge in [-0.1, -0.05) is 42.5 Å². The topological polar surface area (TPSA) is 22.0 Å². The summed E-state index contributed by atoms with van der Waals surface area (Å²) in [6.07, 6.45) is 4.00. The van der Waals surface area contributed by atoms with Gasteiger partial charge in [-0.15, -0.1) is 0 Å². The first-order valence-corrected chi connectivity index (χ1v) is 7.48. The molecule has 4 rings (SSSR count). The summed E-state index contributed by atoms with van der Waals surface area (Å²) in [5.74, 6) is 0.498. The molecule has 0 spiro atoms. The van der Waals surface area contributed by atoms with Crippen molar-refractivity contribution in [1.82, 2.24) is 4.57 Å². The van der Waals surface area contributed by atoms with Gasteiger partial charge in [-0.05, 0) is 35.1 Å². The van der Waals surface area contributed by atoms with Crippen LogP contribution in [0.15, 0.2) is 65.6 Å². The van der Waals surface area contributed by atoms with E-state index in [0.29, 0.717) is 5.92 Å². The van der Waals surface area contributed by atoms with E-state index in [1.165, 1.54) is 16.3 Å². The van der Waals surface area contributed by atoms with Gasteiger partial charge in [0.1, 0.15) is 0 Å². The fourth-order valence-electron chi connectivity index (χ4n) is 3.47. The third kappa shape index (κ3) is 2.17. The molecule has 0 radical (unpaired) electrons. The fraction of sp³-hybridized carbons (Fsp3) is 0.211. The predicted octanol–water partition coefficient (Wildman–Crippen LogP) is 3.73. The van der Waals surface area contributed by atoms with Crippen molar-refractivity contribution in [2.45, 2.75) is 25.3 Å². The Hall–Kier alpha value is -2.35. The SMILES string of the molecule is O=c1ccn2c(c1)C[C@H](c1cccc3ccccc13)CC2. The summed E-state index contributed by atoms with van der Waals surface area (Å²) in [6, 6.07) is 18.6. The summed E-state index contributed by atoms with van der Waals surface area (Å²) in [7, 11) is 0. The summed E-state index contributed by atoms with van der Waals surface area (Å²) >= 11 is 0. The molecule has 1 aromatic heterocycles. The molecule has 0 N–H and O–H groups in total. The van der Waals surface area contributed by atoms with E-state index in [4.69, 9.17) is 0 Å². The van der Waals surface area contributed by atoms with E-state index >= 15 is 0 Å². The van der Waals surface area contributed by atoms with Gasteiger partial charge in [0, 0.05) is 30.6 Å². The average Bonchev–Trinajstić information content (AvgIpc) is 2.53. The highest BCUT2D eigenvalue weighted by Gasteiger charge is 2.20. The molecule has 2 nitrogen and oxygen atoms in total. The molecular formula is C19H17NO. The first-order valence-electron chi connectivity index (χ1n) is 7.48. The second-order valence-corrected chi connectivity index (χ2v) is 5.81. The largest absolute Gasteiger partial charge is 0.351 e. The fourth-order valence-corrected chi connectivity index (χ4v) is 3.47. The van der Waals surface area contributed by atoms with Crippen molar-refractivity contribution < 1.29 is 0 Å². The van der Waals surface area contributed by atoms with Gasteiger partial charge < -0.3 is 4.57 Å². The van der Waals surface area contributed by atoms with Crippen molar-refractivity contribution in [3.8, 4) is 0 Å². The zero-order chi connectivity index (χ0) is 14.2. The molecule has 0 unspecified atom stereocenters. The van der Waals surface area contributed by atoms with Gasteiger partial charge in [0.25, 0.3) is 0 Å². The van der Waals surface area contributed by atoms with Crippen LogP contribution in [0.3, 0.4) is 0 Å². The van der Waals surface area contributed by atoms with Crippen LogP contribution in [-0.4, -0.2) is 4.57 Å². The third-order valence-electron chi connectivity index (χ3n) is 4.53. The highest BCUT2D eigenvalue weighted by atomic mass is 16.1. The minimum Gasteiger partial charge on any atom is -0.351 e. The van der Waals surface area contributed by atoms with Crippen molar-refractivity contribution in [1.29, 1.82) is 0 Å². The Bertz CT molecular complexity index is 857. The Morgan fingerprint density at radius 2 is 1.86 bits per heavy atom. The highest BCUT2D eigenvalue weighted by Crippen LogP contribution is 2.33. The molecule has 0 amide bonds. The van der Waals surface area contributed by atoms with Crippen LogP contribution < -0.4 is 5.43 Å². The Morgan fingerprint density at radius 3 is 2.81 bits per heavy atom. The van der Waals surface area contributed by atoms with Gasteiger partial charge in [0.2, 0.25) is 0 Å². The molecule has 2 heteroatoms. The monoisotopic (exact) mass is 275 g/mol. The molecule has 1 aliphatic rings. The molecule has 0 saturated heterocycles. The standard InChI is InChI=1S/C19H17NO/c21-17-9-11-20-10-8-15(12-16(20)13-17)19-7-3-5-14-4-1-2-6-18(14)19/h1-7,9,11,13,15H,8,10,12H2/t15-/m1/s1. The van der Waals surface area contributed by atoms with Gasteiger partial charge in [0.05, 0.1) is 0 Å². The number of aryl methyl sites for hydroxylation is 1. The molecule has 1 aliphatic heterocycles. The number of hydrogen-bond acceptors (Lipinski definition) is 1. The molecule has 0 aliphatic carbocycles. The van der Waals surface area contributed by atoms with E-state index in [-0.39, 0.29) is 5.43 Å². The van der Waals surface area contributed by atoms with Crippen molar-refractivity contribution in [3.63, 3.8) is 0 Å². The molecular weight excluding hydrogens is 258 g/mol. The smallest absolute Gasteiger partial charge is 0.181 e. The zero-order valence-electron chi connectivity index (χ0n) is 11.8. The van der Waals surface area contributed by atoms with Crippen LogP contribution in [-0.2, 0) is 13.0 Å². The number of hydrogen-bond donors (Lipinski definition) is 0. The van der Waals surface area contributed by atoms with Crippen LogP contribution in [0.25, 0.3) is 10.8 Å². The molecule has 0 bridgehead atoms. The third-order valence-corrected chi connectivity index (χ3v) is 4.53. The van der Waals surface area contributed by atoms with Crippen molar-refractivity contribution in [2.24, 2.45) is 0 Å². The molecule has 3 aromatic rings. The summed E-state index contributed by atoms with van der Waals surface area (Å²) in [5, 5.41) is 2.64. The van der Waals surface area contributed by atoms with Gasteiger partial charge >= 0.3 is 0 Å². The maximum atomic E-state index is 11.6. The van der Waals surface area contributed by atoms with E-state index < -0.39 is 0 Å².